The van der Waals surface area contributed by atoms with E-state index in [1.807, 2.05) is 42.7 Å². The molecule has 1 N–H and O–H groups in total. The molecule has 6 nitrogen and oxygen atoms in total. The second-order valence-electron chi connectivity index (χ2n) is 9.38. The number of likely N-dealkylation sites (tertiary alicyclic amines) is 1. The van der Waals surface area contributed by atoms with E-state index in [0.717, 1.165) is 29.4 Å². The van der Waals surface area contributed by atoms with Crippen molar-refractivity contribution in [1.82, 2.24) is 14.5 Å². The van der Waals surface area contributed by atoms with Crippen LogP contribution in [0.15, 0.2) is 59.4 Å². The highest BCUT2D eigenvalue weighted by Crippen LogP contribution is 2.53. The van der Waals surface area contributed by atoms with Crippen molar-refractivity contribution in [2.24, 2.45) is 13.0 Å². The molecule has 3 heterocycles. The van der Waals surface area contributed by atoms with E-state index in [-0.39, 0.29) is 17.2 Å². The Kier molecular flexibility index (Phi) is 4.45. The lowest BCUT2D eigenvalue weighted by atomic mass is 9.92. The smallest absolute Gasteiger partial charge is 0.309 e. The van der Waals surface area contributed by atoms with E-state index in [4.69, 9.17) is 9.52 Å². The quantitative estimate of drug-likeness (QED) is 0.471. The Balaban J connectivity index is 1.25. The van der Waals surface area contributed by atoms with E-state index >= 15 is 0 Å². The summed E-state index contributed by atoms with van der Waals surface area (Å²) in [7, 11) is 2.02. The summed E-state index contributed by atoms with van der Waals surface area (Å²) in [4.78, 5) is 17.3. The number of benzene rings is 2. The Bertz CT molecular complexity index is 1380. The number of halogens is 1. The molecule has 7 heteroatoms. The van der Waals surface area contributed by atoms with Gasteiger partial charge in [-0.15, -0.1) is 0 Å². The molecule has 2 aromatic heterocycles. The molecule has 0 amide bonds. The van der Waals surface area contributed by atoms with Crippen molar-refractivity contribution in [2.45, 2.75) is 24.8 Å². The lowest BCUT2D eigenvalue weighted by Gasteiger charge is -2.36. The predicted molar refractivity (Wildman–Crippen MR) is 121 cm³/mol. The van der Waals surface area contributed by atoms with Gasteiger partial charge in [0.1, 0.15) is 17.2 Å². The van der Waals surface area contributed by atoms with Crippen LogP contribution in [0, 0.1) is 11.7 Å². The SMILES string of the molecule is Cn1cncc1C1(c2ccc3cc(-c4ccc(CN5CC(C(=O)O)C5)cc4F)oc3c2)CC1. The van der Waals surface area contributed by atoms with Crippen LogP contribution in [0.5, 0.6) is 0 Å². The molecule has 1 aliphatic carbocycles. The van der Waals surface area contributed by atoms with Crippen LogP contribution < -0.4 is 0 Å². The maximum absolute atomic E-state index is 15.0. The fraction of sp³-hybridized carbons (Fsp3) is 0.308. The fourth-order valence-electron chi connectivity index (χ4n) is 5.07. The van der Waals surface area contributed by atoms with Crippen molar-refractivity contribution >= 4 is 16.9 Å². The first kappa shape index (κ1) is 20.2. The normalized spacial score (nSPS) is 17.9. The number of carboxylic acid groups (broad SMARTS) is 1. The molecule has 6 rings (SSSR count). The van der Waals surface area contributed by atoms with Crippen LogP contribution in [0.1, 0.15) is 29.7 Å². The molecule has 0 bridgehead atoms. The van der Waals surface area contributed by atoms with Crippen molar-refractivity contribution in [1.29, 1.82) is 0 Å². The van der Waals surface area contributed by atoms with Gasteiger partial charge >= 0.3 is 5.97 Å². The van der Waals surface area contributed by atoms with Crippen LogP contribution in [0.3, 0.4) is 0 Å². The molecule has 2 aliphatic rings. The van der Waals surface area contributed by atoms with E-state index in [2.05, 4.69) is 21.7 Å². The third-order valence-electron chi connectivity index (χ3n) is 7.14. The topological polar surface area (TPSA) is 71.5 Å². The van der Waals surface area contributed by atoms with Crippen LogP contribution in [0.2, 0.25) is 0 Å². The van der Waals surface area contributed by atoms with Crippen molar-refractivity contribution in [3.63, 3.8) is 0 Å². The Morgan fingerprint density at radius 3 is 2.70 bits per heavy atom. The summed E-state index contributed by atoms with van der Waals surface area (Å²) in [5.41, 5.74) is 4.38. The predicted octanol–water partition coefficient (Wildman–Crippen LogP) is 4.57. The first-order chi connectivity index (χ1) is 15.9. The van der Waals surface area contributed by atoms with Gasteiger partial charge in [0.2, 0.25) is 0 Å². The molecule has 0 unspecified atom stereocenters. The Hall–Kier alpha value is -3.45. The third-order valence-corrected chi connectivity index (χ3v) is 7.14. The highest BCUT2D eigenvalue weighted by molar-refractivity contribution is 5.84. The molecule has 4 aromatic rings. The van der Waals surface area contributed by atoms with Gasteiger partial charge in [-0.25, -0.2) is 9.37 Å². The number of rotatable bonds is 6. The van der Waals surface area contributed by atoms with Gasteiger partial charge in [-0.3, -0.25) is 9.69 Å². The van der Waals surface area contributed by atoms with Crippen LogP contribution in [-0.2, 0) is 23.8 Å². The minimum Gasteiger partial charge on any atom is -0.481 e. The molecule has 0 spiro atoms. The molecule has 1 saturated heterocycles. The first-order valence-corrected chi connectivity index (χ1v) is 11.2. The van der Waals surface area contributed by atoms with Crippen LogP contribution in [0.4, 0.5) is 4.39 Å². The van der Waals surface area contributed by atoms with Gasteiger partial charge in [-0.05, 0) is 48.2 Å². The summed E-state index contributed by atoms with van der Waals surface area (Å²) < 4.78 is 23.1. The van der Waals surface area contributed by atoms with Crippen molar-refractivity contribution < 1.29 is 18.7 Å². The second-order valence-corrected chi connectivity index (χ2v) is 9.38. The highest BCUT2D eigenvalue weighted by atomic mass is 19.1. The number of carbonyl (C=O) groups is 1. The van der Waals surface area contributed by atoms with Crippen molar-refractivity contribution in [3.8, 4) is 11.3 Å². The number of imidazole rings is 1. The zero-order chi connectivity index (χ0) is 22.7. The molecule has 1 aliphatic heterocycles. The van der Waals surface area contributed by atoms with Crippen LogP contribution in [0.25, 0.3) is 22.3 Å². The van der Waals surface area contributed by atoms with Gasteiger partial charge in [-0.1, -0.05) is 18.2 Å². The standard InChI is InChI=1S/C26H24FN3O3/c1-29-15-28-11-24(29)26(6-7-26)19-4-3-17-9-23(33-22(17)10-19)20-5-2-16(8-21(20)27)12-30-13-18(14-30)25(31)32/h2-5,8-11,15,18H,6-7,12-14H2,1H3,(H,31,32). The average molecular weight is 445 g/mol. The van der Waals surface area contributed by atoms with E-state index in [1.54, 1.807) is 6.07 Å². The number of aryl methyl sites for hydroxylation is 1. The van der Waals surface area contributed by atoms with E-state index < -0.39 is 5.97 Å². The second kappa shape index (κ2) is 7.28. The number of hydrogen-bond acceptors (Lipinski definition) is 4. The molecule has 168 valence electrons. The molecule has 2 fully saturated rings. The zero-order valence-electron chi connectivity index (χ0n) is 18.3. The van der Waals surface area contributed by atoms with Gasteiger partial charge in [0.15, 0.2) is 0 Å². The summed E-state index contributed by atoms with van der Waals surface area (Å²) in [6.07, 6.45) is 5.92. The number of aliphatic carboxylic acids is 1. The van der Waals surface area contributed by atoms with E-state index in [0.29, 0.717) is 31.0 Å². The average Bonchev–Trinajstić information content (AvgIpc) is 3.25. The zero-order valence-corrected chi connectivity index (χ0v) is 18.3. The fourth-order valence-corrected chi connectivity index (χ4v) is 5.07. The Morgan fingerprint density at radius 1 is 1.21 bits per heavy atom. The Labute approximate surface area is 190 Å². The van der Waals surface area contributed by atoms with Crippen LogP contribution >= 0.6 is 0 Å². The largest absolute Gasteiger partial charge is 0.481 e. The molecular formula is C26H24FN3O3. The molecular weight excluding hydrogens is 421 g/mol. The number of aromatic nitrogens is 2. The summed E-state index contributed by atoms with van der Waals surface area (Å²) in [5.74, 6) is -0.918. The summed E-state index contributed by atoms with van der Waals surface area (Å²) >= 11 is 0. The van der Waals surface area contributed by atoms with Gasteiger partial charge in [0.25, 0.3) is 0 Å². The highest BCUT2D eigenvalue weighted by Gasteiger charge is 2.48. The Morgan fingerprint density at radius 2 is 2.03 bits per heavy atom. The van der Waals surface area contributed by atoms with Crippen molar-refractivity contribution in [3.05, 3.63) is 77.6 Å². The third kappa shape index (κ3) is 3.35. The van der Waals surface area contributed by atoms with Gasteiger partial charge in [0.05, 0.1) is 17.8 Å². The minimum atomic E-state index is -0.770. The molecule has 33 heavy (non-hydrogen) atoms. The maximum atomic E-state index is 15.0. The number of nitrogens with zero attached hydrogens (tertiary/aromatic N) is 3. The minimum absolute atomic E-state index is 0.0181. The molecule has 0 radical (unpaired) electrons. The van der Waals surface area contributed by atoms with E-state index in [9.17, 15) is 9.18 Å². The number of furan rings is 1. The lowest BCUT2D eigenvalue weighted by molar-refractivity contribution is -0.147. The van der Waals surface area contributed by atoms with Crippen LogP contribution in [-0.4, -0.2) is 38.6 Å². The maximum Gasteiger partial charge on any atom is 0.309 e. The van der Waals surface area contributed by atoms with Crippen molar-refractivity contribution in [2.75, 3.05) is 13.1 Å². The monoisotopic (exact) mass is 445 g/mol. The van der Waals surface area contributed by atoms with Gasteiger partial charge in [0, 0.05) is 49.4 Å². The molecule has 1 saturated carbocycles. The number of carboxylic acids is 1. The number of fused-ring (bicyclic) bond motifs is 1. The number of hydrogen-bond donors (Lipinski definition) is 1. The van der Waals surface area contributed by atoms with Gasteiger partial charge in [-0.2, -0.15) is 0 Å². The summed E-state index contributed by atoms with van der Waals surface area (Å²) in [5, 5.41) is 9.95. The summed E-state index contributed by atoms with van der Waals surface area (Å²) in [6, 6.07) is 13.3. The summed E-state index contributed by atoms with van der Waals surface area (Å²) in [6.45, 7) is 1.55. The lowest BCUT2D eigenvalue weighted by Crippen LogP contribution is -2.49. The molecule has 2 aromatic carbocycles. The van der Waals surface area contributed by atoms with E-state index in [1.165, 1.54) is 17.3 Å². The van der Waals surface area contributed by atoms with Gasteiger partial charge < -0.3 is 14.1 Å². The molecule has 0 atom stereocenters. The first-order valence-electron chi connectivity index (χ1n) is 11.2.